The average molecular weight is 267 g/mol. The summed E-state index contributed by atoms with van der Waals surface area (Å²) in [4.78, 5) is 2.53. The maximum Gasteiger partial charge on any atom is 0.0734 e. The summed E-state index contributed by atoms with van der Waals surface area (Å²) in [5.41, 5.74) is 0.831. The maximum atomic E-state index is 10.3. The summed E-state index contributed by atoms with van der Waals surface area (Å²) in [5.74, 6) is 0. The second-order valence-corrected chi connectivity index (χ2v) is 6.87. The van der Waals surface area contributed by atoms with Gasteiger partial charge < -0.3 is 14.7 Å². The van der Waals surface area contributed by atoms with E-state index in [1.165, 1.54) is 5.57 Å². The minimum absolute atomic E-state index is 0.0469. The van der Waals surface area contributed by atoms with Crippen LogP contribution in [0.1, 0.15) is 52.9 Å². The molecular formula is C16H29NO2. The third-order valence-electron chi connectivity index (χ3n) is 4.52. The minimum Gasteiger partial charge on any atom is -0.390 e. The standard InChI is InChI=1S/C16H29NO2/c1-14(2)5-4-9-17-10-6-16(7-11-17)13-15(3,18)8-12-19-16/h5,18H,4,6-13H2,1-3H3. The van der Waals surface area contributed by atoms with Crippen molar-refractivity contribution in [3.63, 3.8) is 0 Å². The number of ether oxygens (including phenoxy) is 1. The van der Waals surface area contributed by atoms with Crippen molar-refractivity contribution >= 4 is 0 Å². The molecule has 0 aromatic heterocycles. The lowest BCUT2D eigenvalue weighted by Crippen LogP contribution is -2.53. The molecule has 1 unspecified atom stereocenters. The van der Waals surface area contributed by atoms with Crippen molar-refractivity contribution in [2.24, 2.45) is 0 Å². The molecule has 0 aromatic rings. The van der Waals surface area contributed by atoms with E-state index in [0.29, 0.717) is 6.61 Å². The molecule has 0 amide bonds. The number of hydrogen-bond donors (Lipinski definition) is 1. The largest absolute Gasteiger partial charge is 0.390 e. The molecule has 0 bridgehead atoms. The van der Waals surface area contributed by atoms with E-state index in [0.717, 1.165) is 51.7 Å². The van der Waals surface area contributed by atoms with E-state index < -0.39 is 5.60 Å². The lowest BCUT2D eigenvalue weighted by atomic mass is 9.78. The number of hydrogen-bond acceptors (Lipinski definition) is 3. The van der Waals surface area contributed by atoms with Crippen LogP contribution in [0.5, 0.6) is 0 Å². The molecule has 110 valence electrons. The first-order valence-corrected chi connectivity index (χ1v) is 7.63. The zero-order valence-corrected chi connectivity index (χ0v) is 12.7. The van der Waals surface area contributed by atoms with Crippen LogP contribution in [0, 0.1) is 0 Å². The summed E-state index contributed by atoms with van der Waals surface area (Å²) in [6.45, 7) is 10.3. The van der Waals surface area contributed by atoms with Crippen LogP contribution in [0.4, 0.5) is 0 Å². The van der Waals surface area contributed by atoms with E-state index in [-0.39, 0.29) is 5.60 Å². The Morgan fingerprint density at radius 2 is 1.95 bits per heavy atom. The molecule has 2 fully saturated rings. The van der Waals surface area contributed by atoms with Crippen molar-refractivity contribution in [3.8, 4) is 0 Å². The molecule has 2 heterocycles. The van der Waals surface area contributed by atoms with Crippen molar-refractivity contribution in [2.75, 3.05) is 26.2 Å². The highest BCUT2D eigenvalue weighted by atomic mass is 16.5. The van der Waals surface area contributed by atoms with Crippen LogP contribution in [0.2, 0.25) is 0 Å². The van der Waals surface area contributed by atoms with Crippen molar-refractivity contribution in [2.45, 2.75) is 64.1 Å². The summed E-state index contributed by atoms with van der Waals surface area (Å²) in [6.07, 6.45) is 7.18. The Labute approximate surface area is 117 Å². The van der Waals surface area contributed by atoms with E-state index >= 15 is 0 Å². The molecule has 0 aliphatic carbocycles. The molecular weight excluding hydrogens is 238 g/mol. The summed E-state index contributed by atoms with van der Waals surface area (Å²) in [5, 5.41) is 10.3. The second-order valence-electron chi connectivity index (χ2n) is 6.87. The minimum atomic E-state index is -0.525. The SMILES string of the molecule is CC(C)=CCCN1CCC2(CC1)CC(C)(O)CCO2. The van der Waals surface area contributed by atoms with Crippen LogP contribution >= 0.6 is 0 Å². The fraction of sp³-hybridized carbons (Fsp3) is 0.875. The Balaban J connectivity index is 1.80. The molecule has 0 radical (unpaired) electrons. The predicted molar refractivity (Wildman–Crippen MR) is 78.3 cm³/mol. The van der Waals surface area contributed by atoms with Crippen molar-refractivity contribution < 1.29 is 9.84 Å². The summed E-state index contributed by atoms with van der Waals surface area (Å²) >= 11 is 0. The van der Waals surface area contributed by atoms with Crippen LogP contribution < -0.4 is 0 Å². The molecule has 3 heteroatoms. The Kier molecular flexibility index (Phi) is 4.70. The zero-order chi connectivity index (χ0) is 13.9. The molecule has 2 aliphatic rings. The fourth-order valence-corrected chi connectivity index (χ4v) is 3.36. The van der Waals surface area contributed by atoms with Crippen molar-refractivity contribution in [1.82, 2.24) is 4.90 Å². The van der Waals surface area contributed by atoms with Gasteiger partial charge in [-0.15, -0.1) is 0 Å². The van der Waals surface area contributed by atoms with Crippen molar-refractivity contribution in [3.05, 3.63) is 11.6 Å². The van der Waals surface area contributed by atoms with Gasteiger partial charge in [0.1, 0.15) is 0 Å². The second kappa shape index (κ2) is 5.94. The first-order valence-electron chi connectivity index (χ1n) is 7.63. The Bertz CT molecular complexity index is 324. The maximum absolute atomic E-state index is 10.3. The van der Waals surface area contributed by atoms with Crippen LogP contribution in [0.25, 0.3) is 0 Å². The first kappa shape index (κ1) is 15.0. The third kappa shape index (κ3) is 4.30. The topological polar surface area (TPSA) is 32.7 Å². The van der Waals surface area contributed by atoms with Crippen LogP contribution in [-0.4, -0.2) is 47.4 Å². The Hall–Kier alpha value is -0.380. The Morgan fingerprint density at radius 3 is 2.53 bits per heavy atom. The predicted octanol–water partition coefficient (Wildman–Crippen LogP) is 2.74. The zero-order valence-electron chi connectivity index (χ0n) is 12.7. The lowest BCUT2D eigenvalue weighted by Gasteiger charge is -2.48. The van der Waals surface area contributed by atoms with E-state index in [4.69, 9.17) is 4.74 Å². The van der Waals surface area contributed by atoms with Gasteiger partial charge in [0, 0.05) is 26.1 Å². The molecule has 0 aromatic carbocycles. The van der Waals surface area contributed by atoms with Gasteiger partial charge in [0.25, 0.3) is 0 Å². The van der Waals surface area contributed by atoms with Gasteiger partial charge in [-0.3, -0.25) is 0 Å². The highest BCUT2D eigenvalue weighted by Gasteiger charge is 2.44. The molecule has 2 rings (SSSR count). The van der Waals surface area contributed by atoms with Gasteiger partial charge >= 0.3 is 0 Å². The molecule has 1 atom stereocenters. The van der Waals surface area contributed by atoms with Gasteiger partial charge in [-0.1, -0.05) is 11.6 Å². The van der Waals surface area contributed by atoms with Crippen LogP contribution in [0.3, 0.4) is 0 Å². The monoisotopic (exact) mass is 267 g/mol. The number of aliphatic hydroxyl groups is 1. The third-order valence-corrected chi connectivity index (χ3v) is 4.52. The number of nitrogens with zero attached hydrogens (tertiary/aromatic N) is 1. The summed E-state index contributed by atoms with van der Waals surface area (Å²) in [7, 11) is 0. The fourth-order valence-electron chi connectivity index (χ4n) is 3.36. The quantitative estimate of drug-likeness (QED) is 0.798. The number of likely N-dealkylation sites (tertiary alicyclic amines) is 1. The van der Waals surface area contributed by atoms with Crippen LogP contribution in [-0.2, 0) is 4.74 Å². The normalized spacial score (nSPS) is 31.4. The van der Waals surface area contributed by atoms with Crippen molar-refractivity contribution in [1.29, 1.82) is 0 Å². The molecule has 2 saturated heterocycles. The smallest absolute Gasteiger partial charge is 0.0734 e. The first-order chi connectivity index (χ1) is 8.91. The van der Waals surface area contributed by atoms with Crippen LogP contribution in [0.15, 0.2) is 11.6 Å². The van der Waals surface area contributed by atoms with Gasteiger partial charge in [0.15, 0.2) is 0 Å². The number of piperidine rings is 1. The molecule has 2 aliphatic heterocycles. The average Bonchev–Trinajstić information content (AvgIpc) is 2.30. The number of rotatable bonds is 3. The van der Waals surface area contributed by atoms with E-state index in [9.17, 15) is 5.11 Å². The lowest BCUT2D eigenvalue weighted by molar-refractivity contribution is -0.172. The Morgan fingerprint density at radius 1 is 1.26 bits per heavy atom. The van der Waals surface area contributed by atoms with Gasteiger partial charge in [0.2, 0.25) is 0 Å². The molecule has 0 saturated carbocycles. The van der Waals surface area contributed by atoms with Gasteiger partial charge in [-0.05, 0) is 46.5 Å². The molecule has 3 nitrogen and oxygen atoms in total. The summed E-state index contributed by atoms with van der Waals surface area (Å²) in [6, 6.07) is 0. The van der Waals surface area contributed by atoms with Gasteiger partial charge in [-0.2, -0.15) is 0 Å². The molecule has 1 N–H and O–H groups in total. The van der Waals surface area contributed by atoms with Gasteiger partial charge in [0.05, 0.1) is 17.8 Å². The van der Waals surface area contributed by atoms with Gasteiger partial charge in [-0.25, -0.2) is 0 Å². The van der Waals surface area contributed by atoms with E-state index in [1.807, 2.05) is 6.92 Å². The summed E-state index contributed by atoms with van der Waals surface area (Å²) < 4.78 is 6.03. The highest BCUT2D eigenvalue weighted by molar-refractivity contribution is 4.97. The van der Waals surface area contributed by atoms with E-state index in [1.54, 1.807) is 0 Å². The van der Waals surface area contributed by atoms with E-state index in [2.05, 4.69) is 24.8 Å². The molecule has 1 spiro atoms. The highest BCUT2D eigenvalue weighted by Crippen LogP contribution is 2.39. The number of allylic oxidation sites excluding steroid dienone is 1. The molecule has 19 heavy (non-hydrogen) atoms.